The van der Waals surface area contributed by atoms with Gasteiger partial charge >= 0.3 is 6.18 Å². The van der Waals surface area contributed by atoms with E-state index in [-0.39, 0.29) is 11.5 Å². The van der Waals surface area contributed by atoms with Crippen LogP contribution in [-0.2, 0) is 15.7 Å². The monoisotopic (exact) mass is 483 g/mol. The van der Waals surface area contributed by atoms with Gasteiger partial charge < -0.3 is 20.3 Å². The minimum absolute atomic E-state index is 0.154. The normalized spacial score (nSPS) is 17.3. The van der Waals surface area contributed by atoms with Crippen molar-refractivity contribution in [2.45, 2.75) is 19.1 Å². The molecule has 35 heavy (non-hydrogen) atoms. The third kappa shape index (κ3) is 4.42. The number of fused-ring (bicyclic) bond motifs is 3. The highest BCUT2D eigenvalue weighted by molar-refractivity contribution is 6.05. The number of amides is 2. The maximum atomic E-state index is 13.0. The number of ether oxygens (including phenoxy) is 1. The zero-order chi connectivity index (χ0) is 24.7. The standard InChI is InChI=1S/C24H20F3N5O3/c1-13-2-3-16(30-22(33)14-4-5-28-20(9-14)24(25,26)27)10-17(13)15-8-18-21(29-11-15)31-23(34)19-12-35-7-6-32(18)19/h2-5,8-11,19H,6-7,12H2,1H3,(H,30,33)(H,29,31,34). The van der Waals surface area contributed by atoms with Crippen molar-refractivity contribution in [3.8, 4) is 11.1 Å². The average molecular weight is 483 g/mol. The molecule has 1 unspecified atom stereocenters. The van der Waals surface area contributed by atoms with E-state index in [9.17, 15) is 22.8 Å². The van der Waals surface area contributed by atoms with Crippen molar-refractivity contribution in [2.24, 2.45) is 0 Å². The predicted molar refractivity (Wildman–Crippen MR) is 122 cm³/mol. The third-order valence-electron chi connectivity index (χ3n) is 5.97. The molecule has 3 aromatic rings. The molecule has 8 nitrogen and oxygen atoms in total. The Hall–Kier alpha value is -3.99. The molecule has 1 saturated heterocycles. The highest BCUT2D eigenvalue weighted by atomic mass is 19.4. The number of aromatic nitrogens is 2. The number of carbonyl (C=O) groups excluding carboxylic acids is 2. The van der Waals surface area contributed by atoms with Gasteiger partial charge in [-0.1, -0.05) is 6.07 Å². The molecule has 0 saturated carbocycles. The summed E-state index contributed by atoms with van der Waals surface area (Å²) in [4.78, 5) is 34.7. The Morgan fingerprint density at radius 2 is 2.03 bits per heavy atom. The van der Waals surface area contributed by atoms with Crippen molar-refractivity contribution in [3.63, 3.8) is 0 Å². The molecule has 2 amide bonds. The number of pyridine rings is 2. The van der Waals surface area contributed by atoms with Gasteiger partial charge in [-0.3, -0.25) is 14.6 Å². The number of carbonyl (C=O) groups is 2. The molecule has 5 rings (SSSR count). The van der Waals surface area contributed by atoms with Gasteiger partial charge in [-0.25, -0.2) is 4.98 Å². The summed E-state index contributed by atoms with van der Waals surface area (Å²) in [7, 11) is 0. The van der Waals surface area contributed by atoms with E-state index in [2.05, 4.69) is 20.6 Å². The average Bonchev–Trinajstić information content (AvgIpc) is 2.85. The van der Waals surface area contributed by atoms with Crippen LogP contribution in [0.5, 0.6) is 0 Å². The smallest absolute Gasteiger partial charge is 0.377 e. The summed E-state index contributed by atoms with van der Waals surface area (Å²) in [5.41, 5.74) is 2.36. The van der Waals surface area contributed by atoms with Gasteiger partial charge in [0.15, 0.2) is 5.82 Å². The van der Waals surface area contributed by atoms with Gasteiger partial charge in [-0.2, -0.15) is 13.2 Å². The fourth-order valence-corrected chi connectivity index (χ4v) is 4.17. The van der Waals surface area contributed by atoms with Crippen LogP contribution in [0, 0.1) is 6.92 Å². The van der Waals surface area contributed by atoms with Gasteiger partial charge in [-0.05, 0) is 48.4 Å². The first kappa shape index (κ1) is 22.8. The van der Waals surface area contributed by atoms with Crippen LogP contribution >= 0.6 is 0 Å². The Balaban J connectivity index is 1.44. The van der Waals surface area contributed by atoms with Crippen molar-refractivity contribution >= 4 is 29.0 Å². The minimum atomic E-state index is -4.65. The van der Waals surface area contributed by atoms with Crippen molar-refractivity contribution in [1.29, 1.82) is 0 Å². The number of aryl methyl sites for hydroxylation is 1. The second-order valence-electron chi connectivity index (χ2n) is 8.28. The molecule has 1 atom stereocenters. The number of nitrogens with zero attached hydrogens (tertiary/aromatic N) is 3. The Morgan fingerprint density at radius 1 is 1.20 bits per heavy atom. The van der Waals surface area contributed by atoms with E-state index < -0.39 is 23.8 Å². The number of alkyl halides is 3. The first-order valence-corrected chi connectivity index (χ1v) is 10.8. The maximum absolute atomic E-state index is 13.0. The topological polar surface area (TPSA) is 96.5 Å². The highest BCUT2D eigenvalue weighted by Crippen LogP contribution is 2.36. The van der Waals surface area contributed by atoms with Crippen LogP contribution in [0.3, 0.4) is 0 Å². The molecular weight excluding hydrogens is 463 g/mol. The van der Waals surface area contributed by atoms with Crippen LogP contribution in [0.25, 0.3) is 11.1 Å². The largest absolute Gasteiger partial charge is 0.433 e. The van der Waals surface area contributed by atoms with E-state index in [1.807, 2.05) is 17.9 Å². The maximum Gasteiger partial charge on any atom is 0.433 e. The highest BCUT2D eigenvalue weighted by Gasteiger charge is 2.36. The number of benzene rings is 1. The molecule has 2 aromatic heterocycles. The van der Waals surface area contributed by atoms with Crippen LogP contribution in [0.4, 0.5) is 30.4 Å². The van der Waals surface area contributed by atoms with Crippen molar-refractivity contribution in [1.82, 2.24) is 9.97 Å². The summed E-state index contributed by atoms with van der Waals surface area (Å²) in [5.74, 6) is -0.379. The fourth-order valence-electron chi connectivity index (χ4n) is 4.17. The summed E-state index contributed by atoms with van der Waals surface area (Å²) in [6.45, 7) is 3.25. The van der Waals surface area contributed by atoms with Gasteiger partial charge in [0, 0.05) is 35.8 Å². The SMILES string of the molecule is Cc1ccc(NC(=O)c2ccnc(C(F)(F)F)c2)cc1-c1cnc2c(c1)N1CCOCC1C(=O)N2. The molecule has 0 aliphatic carbocycles. The van der Waals surface area contributed by atoms with Crippen molar-refractivity contribution < 1.29 is 27.5 Å². The zero-order valence-electron chi connectivity index (χ0n) is 18.5. The lowest BCUT2D eigenvalue weighted by molar-refractivity contribution is -0.141. The van der Waals surface area contributed by atoms with E-state index in [0.717, 1.165) is 28.6 Å². The summed E-state index contributed by atoms with van der Waals surface area (Å²) in [5, 5.41) is 5.46. The Morgan fingerprint density at radius 3 is 2.83 bits per heavy atom. The number of nitrogens with one attached hydrogen (secondary N) is 2. The summed E-state index contributed by atoms with van der Waals surface area (Å²) >= 11 is 0. The Kier molecular flexibility index (Phi) is 5.64. The molecule has 4 heterocycles. The second kappa shape index (κ2) is 8.66. The third-order valence-corrected chi connectivity index (χ3v) is 5.97. The molecule has 180 valence electrons. The lowest BCUT2D eigenvalue weighted by Crippen LogP contribution is -2.55. The van der Waals surface area contributed by atoms with Crippen LogP contribution in [-0.4, -0.2) is 47.6 Å². The summed E-state index contributed by atoms with van der Waals surface area (Å²) in [6, 6.07) is 8.64. The minimum Gasteiger partial charge on any atom is -0.377 e. The quantitative estimate of drug-likeness (QED) is 0.587. The molecule has 2 aliphatic rings. The Bertz CT molecular complexity index is 1330. The summed E-state index contributed by atoms with van der Waals surface area (Å²) < 4.78 is 44.3. The number of rotatable bonds is 3. The van der Waals surface area contributed by atoms with Gasteiger partial charge in [0.25, 0.3) is 11.8 Å². The van der Waals surface area contributed by atoms with Crippen molar-refractivity contribution in [2.75, 3.05) is 35.3 Å². The van der Waals surface area contributed by atoms with Crippen LogP contribution < -0.4 is 15.5 Å². The molecule has 0 bridgehead atoms. The van der Waals surface area contributed by atoms with Crippen molar-refractivity contribution in [3.05, 3.63) is 65.6 Å². The van der Waals surface area contributed by atoms with E-state index in [0.29, 0.717) is 37.3 Å². The summed E-state index contributed by atoms with van der Waals surface area (Å²) in [6.07, 6.45) is -2.06. The fraction of sp³-hybridized carbons (Fsp3) is 0.250. The lowest BCUT2D eigenvalue weighted by atomic mass is 9.99. The second-order valence-corrected chi connectivity index (χ2v) is 8.28. The number of morpholine rings is 1. The molecule has 2 aliphatic heterocycles. The first-order valence-electron chi connectivity index (χ1n) is 10.8. The van der Waals surface area contributed by atoms with Gasteiger partial charge in [0.05, 0.1) is 18.9 Å². The van der Waals surface area contributed by atoms with Crippen LogP contribution in [0.1, 0.15) is 21.6 Å². The molecule has 2 N–H and O–H groups in total. The van der Waals surface area contributed by atoms with Crippen LogP contribution in [0.2, 0.25) is 0 Å². The van der Waals surface area contributed by atoms with Gasteiger partial charge in [0.1, 0.15) is 11.7 Å². The number of hydrogen-bond acceptors (Lipinski definition) is 6. The van der Waals surface area contributed by atoms with E-state index in [1.165, 1.54) is 6.07 Å². The molecule has 0 radical (unpaired) electrons. The van der Waals surface area contributed by atoms with Gasteiger partial charge in [-0.15, -0.1) is 0 Å². The molecular formula is C24H20F3N5O3. The number of anilines is 3. The van der Waals surface area contributed by atoms with Crippen LogP contribution in [0.15, 0.2) is 48.8 Å². The zero-order valence-corrected chi connectivity index (χ0v) is 18.5. The first-order chi connectivity index (χ1) is 16.7. The van der Waals surface area contributed by atoms with E-state index in [4.69, 9.17) is 4.74 Å². The number of halogens is 3. The van der Waals surface area contributed by atoms with E-state index in [1.54, 1.807) is 24.4 Å². The molecule has 1 fully saturated rings. The van der Waals surface area contributed by atoms with Gasteiger partial charge in [0.2, 0.25) is 0 Å². The molecule has 1 aromatic carbocycles. The van der Waals surface area contributed by atoms with E-state index >= 15 is 0 Å². The lowest BCUT2D eigenvalue weighted by Gasteiger charge is -2.40. The number of hydrogen-bond donors (Lipinski definition) is 2. The Labute approximate surface area is 198 Å². The predicted octanol–water partition coefficient (Wildman–Crippen LogP) is 3.88. The molecule has 11 heteroatoms. The molecule has 0 spiro atoms.